The Morgan fingerprint density at radius 1 is 1.12 bits per heavy atom. The highest BCUT2D eigenvalue weighted by molar-refractivity contribution is 7.89. The number of benzene rings is 1. The Balaban J connectivity index is 1.62. The fraction of sp³-hybridized carbons (Fsp3) is 0.611. The molecule has 1 atom stereocenters. The molecule has 7 nitrogen and oxygen atoms in total. The highest BCUT2D eigenvalue weighted by Gasteiger charge is 2.34. The Morgan fingerprint density at radius 3 is 2.65 bits per heavy atom. The lowest BCUT2D eigenvalue weighted by molar-refractivity contribution is -0.141. The van der Waals surface area contributed by atoms with Gasteiger partial charge in [-0.05, 0) is 36.5 Å². The van der Waals surface area contributed by atoms with Crippen LogP contribution in [0.15, 0.2) is 23.1 Å². The van der Waals surface area contributed by atoms with Gasteiger partial charge in [0.25, 0.3) is 5.91 Å². The minimum Gasteiger partial charge on any atom is -0.379 e. The SMILES string of the molecule is O=C([C@H]1CCCO1)N1CCc2cccc(S(=O)(=O)N3CCOCC3)c2C1. The highest BCUT2D eigenvalue weighted by Crippen LogP contribution is 2.29. The molecular formula is C18H24N2O5S. The van der Waals surface area contributed by atoms with E-state index in [1.165, 1.54) is 4.31 Å². The summed E-state index contributed by atoms with van der Waals surface area (Å²) in [6, 6.07) is 5.41. The summed E-state index contributed by atoms with van der Waals surface area (Å²) in [5, 5.41) is 0. The predicted molar refractivity (Wildman–Crippen MR) is 94.1 cm³/mol. The van der Waals surface area contributed by atoms with E-state index in [1.807, 2.05) is 6.07 Å². The number of carbonyl (C=O) groups excluding carboxylic acids is 1. The number of nitrogens with zero attached hydrogens (tertiary/aromatic N) is 2. The second kappa shape index (κ2) is 7.26. The first-order chi connectivity index (χ1) is 12.6. The van der Waals surface area contributed by atoms with Gasteiger partial charge in [-0.1, -0.05) is 12.1 Å². The standard InChI is InChI=1S/C18H24N2O5S/c21-18(16-4-2-10-25-16)19-7-6-14-3-1-5-17(15(14)13-19)26(22,23)20-8-11-24-12-9-20/h1,3,5,16H,2,4,6-13H2/t16-/m1/s1. The molecular weight excluding hydrogens is 356 g/mol. The number of hydrogen-bond acceptors (Lipinski definition) is 5. The summed E-state index contributed by atoms with van der Waals surface area (Å²) in [4.78, 5) is 14.8. The van der Waals surface area contributed by atoms with E-state index in [4.69, 9.17) is 9.47 Å². The Labute approximate surface area is 153 Å². The molecule has 0 aromatic heterocycles. The first-order valence-electron chi connectivity index (χ1n) is 9.16. The number of sulfonamides is 1. The lowest BCUT2D eigenvalue weighted by atomic mass is 9.99. The lowest BCUT2D eigenvalue weighted by Gasteiger charge is -2.33. The van der Waals surface area contributed by atoms with Crippen molar-refractivity contribution in [3.05, 3.63) is 29.3 Å². The van der Waals surface area contributed by atoms with E-state index < -0.39 is 10.0 Å². The zero-order valence-electron chi connectivity index (χ0n) is 14.7. The average Bonchev–Trinajstić information content (AvgIpc) is 3.22. The van der Waals surface area contributed by atoms with Crippen LogP contribution in [0.3, 0.4) is 0 Å². The molecule has 3 aliphatic rings. The normalized spacial score (nSPS) is 24.5. The first-order valence-corrected chi connectivity index (χ1v) is 10.6. The molecule has 2 saturated heterocycles. The van der Waals surface area contributed by atoms with Crippen LogP contribution in [0, 0.1) is 0 Å². The van der Waals surface area contributed by atoms with Crippen molar-refractivity contribution in [1.29, 1.82) is 0 Å². The molecule has 0 unspecified atom stereocenters. The van der Waals surface area contributed by atoms with Crippen molar-refractivity contribution < 1.29 is 22.7 Å². The third-order valence-corrected chi connectivity index (χ3v) is 7.32. The zero-order chi connectivity index (χ0) is 18.1. The predicted octanol–water partition coefficient (Wildman–Crippen LogP) is 0.771. The van der Waals surface area contributed by atoms with Crippen LogP contribution in [-0.4, -0.2) is 69.1 Å². The van der Waals surface area contributed by atoms with Gasteiger partial charge < -0.3 is 14.4 Å². The van der Waals surface area contributed by atoms with Crippen LogP contribution in [0.2, 0.25) is 0 Å². The lowest BCUT2D eigenvalue weighted by Crippen LogP contribution is -2.44. The molecule has 8 heteroatoms. The van der Waals surface area contributed by atoms with Gasteiger partial charge in [0.15, 0.2) is 0 Å². The molecule has 0 bridgehead atoms. The molecule has 1 amide bonds. The fourth-order valence-electron chi connectivity index (χ4n) is 3.88. The monoisotopic (exact) mass is 380 g/mol. The summed E-state index contributed by atoms with van der Waals surface area (Å²) >= 11 is 0. The van der Waals surface area contributed by atoms with Crippen LogP contribution in [-0.2, 0) is 37.3 Å². The molecule has 142 valence electrons. The van der Waals surface area contributed by atoms with Crippen LogP contribution < -0.4 is 0 Å². The van der Waals surface area contributed by atoms with Gasteiger partial charge in [-0.25, -0.2) is 8.42 Å². The first kappa shape index (κ1) is 17.9. The summed E-state index contributed by atoms with van der Waals surface area (Å²) in [7, 11) is -3.59. The molecule has 0 saturated carbocycles. The minimum atomic E-state index is -3.59. The van der Waals surface area contributed by atoms with E-state index in [1.54, 1.807) is 17.0 Å². The van der Waals surface area contributed by atoms with Gasteiger partial charge in [0.2, 0.25) is 10.0 Å². The van der Waals surface area contributed by atoms with Crippen molar-refractivity contribution >= 4 is 15.9 Å². The molecule has 1 aromatic rings. The van der Waals surface area contributed by atoms with Gasteiger partial charge in [-0.2, -0.15) is 4.31 Å². The van der Waals surface area contributed by atoms with Gasteiger partial charge >= 0.3 is 0 Å². The van der Waals surface area contributed by atoms with Crippen molar-refractivity contribution in [1.82, 2.24) is 9.21 Å². The Hall–Kier alpha value is -1.48. The molecule has 0 spiro atoms. The van der Waals surface area contributed by atoms with Gasteiger partial charge in [-0.15, -0.1) is 0 Å². The van der Waals surface area contributed by atoms with Crippen molar-refractivity contribution in [3.8, 4) is 0 Å². The topological polar surface area (TPSA) is 76.2 Å². The summed E-state index contributed by atoms with van der Waals surface area (Å²) in [6.45, 7) is 3.11. The van der Waals surface area contributed by atoms with E-state index in [-0.39, 0.29) is 12.0 Å². The molecule has 2 fully saturated rings. The van der Waals surface area contributed by atoms with E-state index in [0.717, 1.165) is 24.0 Å². The largest absolute Gasteiger partial charge is 0.379 e. The minimum absolute atomic E-state index is 0.0216. The number of amides is 1. The number of ether oxygens (including phenoxy) is 2. The van der Waals surface area contributed by atoms with E-state index in [0.29, 0.717) is 57.3 Å². The maximum absolute atomic E-state index is 13.1. The second-order valence-corrected chi connectivity index (χ2v) is 8.83. The zero-order valence-corrected chi connectivity index (χ0v) is 15.5. The number of hydrogen-bond donors (Lipinski definition) is 0. The molecule has 0 radical (unpaired) electrons. The number of rotatable bonds is 3. The van der Waals surface area contributed by atoms with Gasteiger partial charge in [0, 0.05) is 32.8 Å². The molecule has 0 aliphatic carbocycles. The molecule has 3 aliphatic heterocycles. The summed E-state index contributed by atoms with van der Waals surface area (Å²) in [5.74, 6) is -0.0216. The quantitative estimate of drug-likeness (QED) is 0.774. The van der Waals surface area contributed by atoms with E-state index in [9.17, 15) is 13.2 Å². The maximum atomic E-state index is 13.1. The van der Waals surface area contributed by atoms with Gasteiger partial charge in [-0.3, -0.25) is 4.79 Å². The second-order valence-electron chi connectivity index (χ2n) is 6.92. The average molecular weight is 380 g/mol. The third-order valence-electron chi connectivity index (χ3n) is 5.33. The van der Waals surface area contributed by atoms with Crippen molar-refractivity contribution in [2.45, 2.75) is 36.8 Å². The van der Waals surface area contributed by atoms with E-state index >= 15 is 0 Å². The third kappa shape index (κ3) is 3.26. The summed E-state index contributed by atoms with van der Waals surface area (Å²) in [5.41, 5.74) is 1.76. The molecule has 4 rings (SSSR count). The van der Waals surface area contributed by atoms with Crippen LogP contribution >= 0.6 is 0 Å². The molecule has 0 N–H and O–H groups in total. The highest BCUT2D eigenvalue weighted by atomic mass is 32.2. The summed E-state index contributed by atoms with van der Waals surface area (Å²) in [6.07, 6.45) is 1.94. The van der Waals surface area contributed by atoms with Gasteiger partial charge in [0.05, 0.1) is 18.1 Å². The molecule has 26 heavy (non-hydrogen) atoms. The van der Waals surface area contributed by atoms with Crippen LogP contribution in [0.4, 0.5) is 0 Å². The van der Waals surface area contributed by atoms with Crippen molar-refractivity contribution in [2.75, 3.05) is 39.5 Å². The maximum Gasteiger partial charge on any atom is 0.252 e. The number of morpholine rings is 1. The molecule has 1 aromatic carbocycles. The van der Waals surface area contributed by atoms with Crippen LogP contribution in [0.5, 0.6) is 0 Å². The fourth-order valence-corrected chi connectivity index (χ4v) is 5.55. The molecule has 3 heterocycles. The van der Waals surface area contributed by atoms with Crippen LogP contribution in [0.25, 0.3) is 0 Å². The van der Waals surface area contributed by atoms with Gasteiger partial charge in [0.1, 0.15) is 6.10 Å². The summed E-state index contributed by atoms with van der Waals surface area (Å²) < 4.78 is 38.5. The van der Waals surface area contributed by atoms with Crippen molar-refractivity contribution in [2.24, 2.45) is 0 Å². The number of carbonyl (C=O) groups is 1. The number of fused-ring (bicyclic) bond motifs is 1. The van der Waals surface area contributed by atoms with Crippen molar-refractivity contribution in [3.63, 3.8) is 0 Å². The smallest absolute Gasteiger partial charge is 0.252 e. The van der Waals surface area contributed by atoms with Crippen LogP contribution in [0.1, 0.15) is 24.0 Å². The Kier molecular flexibility index (Phi) is 5.00. The van der Waals surface area contributed by atoms with E-state index in [2.05, 4.69) is 0 Å². The Morgan fingerprint density at radius 2 is 1.92 bits per heavy atom. The Bertz CT molecular complexity index is 783.